The molecule has 1 atom stereocenters. The van der Waals surface area contributed by atoms with Gasteiger partial charge in [-0.3, -0.25) is 0 Å². The molecule has 2 aliphatic rings. The topological polar surface area (TPSA) is 99.2 Å². The Kier molecular flexibility index (Phi) is 5.10. The summed E-state index contributed by atoms with van der Waals surface area (Å²) < 4.78 is 24.7. The van der Waals surface area contributed by atoms with E-state index >= 15 is 0 Å². The second kappa shape index (κ2) is 8.38. The number of furan rings is 1. The summed E-state index contributed by atoms with van der Waals surface area (Å²) in [5.41, 5.74) is 3.15. The molecule has 0 bridgehead atoms. The smallest absolute Gasteiger partial charge is 0.231 e. The van der Waals surface area contributed by atoms with Crippen LogP contribution in [0.2, 0.25) is 0 Å². The number of hydrogen-bond acceptors (Lipinski definition) is 9. The molecule has 4 aromatic heterocycles. The highest BCUT2D eigenvalue weighted by molar-refractivity contribution is 5.91. The number of morpholine rings is 2. The van der Waals surface area contributed by atoms with Crippen molar-refractivity contribution >= 4 is 22.4 Å². The molecule has 10 nitrogen and oxygen atoms in total. The fourth-order valence-corrected chi connectivity index (χ4v) is 4.15. The van der Waals surface area contributed by atoms with Gasteiger partial charge in [-0.1, -0.05) is 0 Å². The third kappa shape index (κ3) is 3.66. The van der Waals surface area contributed by atoms with Gasteiger partial charge in [-0.15, -0.1) is 5.10 Å². The van der Waals surface area contributed by atoms with Crippen molar-refractivity contribution in [3.8, 4) is 17.3 Å². The molecule has 32 heavy (non-hydrogen) atoms. The molecule has 0 amide bonds. The van der Waals surface area contributed by atoms with E-state index in [0.717, 1.165) is 56.2 Å². The predicted octanol–water partition coefficient (Wildman–Crippen LogP) is 1.74. The standard InChI is InChI=1S/C22H24N6O4/c1-2-21(31-14-15-13-30-8-5-23-15)26-28-18(12-25-20(1)28)19-11-16-17(3-4-24-22(16)32-19)27-6-9-29-10-7-27/h1-4,11-12,15,23H,5-10,13-14H2/t15-/m0/s1. The normalized spacial score (nSPS) is 19.6. The van der Waals surface area contributed by atoms with Crippen molar-refractivity contribution in [1.82, 2.24) is 24.9 Å². The predicted molar refractivity (Wildman–Crippen MR) is 117 cm³/mol. The fourth-order valence-electron chi connectivity index (χ4n) is 4.15. The average Bonchev–Trinajstić information content (AvgIpc) is 3.47. The number of nitrogens with zero attached hydrogens (tertiary/aromatic N) is 5. The van der Waals surface area contributed by atoms with Crippen LogP contribution in [0.25, 0.3) is 28.2 Å². The largest absolute Gasteiger partial charge is 0.475 e. The van der Waals surface area contributed by atoms with Gasteiger partial charge in [-0.25, -0.2) is 14.5 Å². The van der Waals surface area contributed by atoms with Gasteiger partial charge in [-0.2, -0.15) is 0 Å². The van der Waals surface area contributed by atoms with Crippen LogP contribution >= 0.6 is 0 Å². The number of rotatable bonds is 5. The number of anilines is 1. The second-order valence-corrected chi connectivity index (χ2v) is 7.88. The van der Waals surface area contributed by atoms with E-state index in [-0.39, 0.29) is 6.04 Å². The maximum atomic E-state index is 6.11. The van der Waals surface area contributed by atoms with Crippen LogP contribution in [0.5, 0.6) is 5.88 Å². The van der Waals surface area contributed by atoms with Crippen LogP contribution in [0.4, 0.5) is 5.69 Å². The number of imidazole rings is 1. The second-order valence-electron chi connectivity index (χ2n) is 7.88. The molecule has 166 valence electrons. The van der Waals surface area contributed by atoms with Crippen LogP contribution in [-0.2, 0) is 9.47 Å². The molecule has 6 rings (SSSR count). The maximum absolute atomic E-state index is 6.11. The van der Waals surface area contributed by atoms with Crippen molar-refractivity contribution < 1.29 is 18.6 Å². The highest BCUT2D eigenvalue weighted by atomic mass is 16.5. The molecule has 0 radical (unpaired) electrons. The third-order valence-electron chi connectivity index (χ3n) is 5.79. The highest BCUT2D eigenvalue weighted by Gasteiger charge is 2.20. The Bertz CT molecular complexity index is 1230. The first-order chi connectivity index (χ1) is 15.8. The van der Waals surface area contributed by atoms with Gasteiger partial charge in [0.15, 0.2) is 11.4 Å². The number of nitrogens with one attached hydrogen (secondary N) is 1. The summed E-state index contributed by atoms with van der Waals surface area (Å²) >= 11 is 0. The Hall–Kier alpha value is -3.21. The van der Waals surface area contributed by atoms with Gasteiger partial charge in [-0.05, 0) is 18.2 Å². The summed E-state index contributed by atoms with van der Waals surface area (Å²) in [5.74, 6) is 1.18. The number of hydrogen-bond donors (Lipinski definition) is 1. The zero-order chi connectivity index (χ0) is 21.3. The zero-order valence-electron chi connectivity index (χ0n) is 17.6. The maximum Gasteiger partial charge on any atom is 0.231 e. The molecule has 0 aliphatic carbocycles. The molecule has 2 saturated heterocycles. The molecule has 2 fully saturated rings. The summed E-state index contributed by atoms with van der Waals surface area (Å²) in [6.45, 7) is 5.82. The Morgan fingerprint density at radius 2 is 2.03 bits per heavy atom. The molecule has 0 saturated carbocycles. The van der Waals surface area contributed by atoms with Crippen LogP contribution < -0.4 is 15.0 Å². The van der Waals surface area contributed by atoms with Gasteiger partial charge in [0.1, 0.15) is 12.3 Å². The first-order valence-corrected chi connectivity index (χ1v) is 10.9. The summed E-state index contributed by atoms with van der Waals surface area (Å²) in [4.78, 5) is 11.2. The van der Waals surface area contributed by atoms with Crippen molar-refractivity contribution in [1.29, 1.82) is 0 Å². The van der Waals surface area contributed by atoms with Crippen LogP contribution in [-0.4, -0.2) is 78.3 Å². The van der Waals surface area contributed by atoms with E-state index in [2.05, 4.69) is 25.3 Å². The minimum absolute atomic E-state index is 0.156. The summed E-state index contributed by atoms with van der Waals surface area (Å²) in [6.07, 6.45) is 3.54. The first kappa shape index (κ1) is 19.5. The SMILES string of the molecule is c1cc(N2CCOCC2)c2cc(-c3cnc4ccc(OC[C@@H]5COCCN5)nn34)oc2n1. The Balaban J connectivity index is 1.31. The quantitative estimate of drug-likeness (QED) is 0.501. The van der Waals surface area contributed by atoms with Crippen molar-refractivity contribution in [2.45, 2.75) is 6.04 Å². The molecule has 2 aliphatic heterocycles. The van der Waals surface area contributed by atoms with Crippen molar-refractivity contribution in [2.24, 2.45) is 0 Å². The highest BCUT2D eigenvalue weighted by Crippen LogP contribution is 2.33. The molecule has 1 N–H and O–H groups in total. The lowest BCUT2D eigenvalue weighted by Gasteiger charge is -2.29. The lowest BCUT2D eigenvalue weighted by Crippen LogP contribution is -2.44. The first-order valence-electron chi connectivity index (χ1n) is 10.9. The van der Waals surface area contributed by atoms with Crippen LogP contribution in [0.15, 0.2) is 41.1 Å². The lowest BCUT2D eigenvalue weighted by atomic mass is 10.2. The van der Waals surface area contributed by atoms with Gasteiger partial charge < -0.3 is 28.8 Å². The van der Waals surface area contributed by atoms with Gasteiger partial charge >= 0.3 is 0 Å². The molecular formula is C22H24N6O4. The van der Waals surface area contributed by atoms with E-state index in [1.807, 2.05) is 24.3 Å². The van der Waals surface area contributed by atoms with E-state index in [4.69, 9.17) is 18.6 Å². The summed E-state index contributed by atoms with van der Waals surface area (Å²) in [6, 6.07) is 7.90. The number of pyridine rings is 1. The van der Waals surface area contributed by atoms with E-state index in [0.29, 0.717) is 36.2 Å². The van der Waals surface area contributed by atoms with Gasteiger partial charge in [0, 0.05) is 31.9 Å². The fraction of sp³-hybridized carbons (Fsp3) is 0.409. The van der Waals surface area contributed by atoms with Crippen LogP contribution in [0.1, 0.15) is 0 Å². The van der Waals surface area contributed by atoms with Crippen molar-refractivity contribution in [3.63, 3.8) is 0 Å². The van der Waals surface area contributed by atoms with Crippen LogP contribution in [0, 0.1) is 0 Å². The molecule has 4 aromatic rings. The van der Waals surface area contributed by atoms with Gasteiger partial charge in [0.2, 0.25) is 11.6 Å². The van der Waals surface area contributed by atoms with Crippen molar-refractivity contribution in [2.75, 3.05) is 57.6 Å². The summed E-state index contributed by atoms with van der Waals surface area (Å²) in [7, 11) is 0. The molecule has 0 spiro atoms. The summed E-state index contributed by atoms with van der Waals surface area (Å²) in [5, 5.41) is 8.98. The van der Waals surface area contributed by atoms with Gasteiger partial charge in [0.25, 0.3) is 0 Å². The van der Waals surface area contributed by atoms with E-state index < -0.39 is 0 Å². The monoisotopic (exact) mass is 436 g/mol. The number of ether oxygens (including phenoxy) is 3. The van der Waals surface area contributed by atoms with Crippen molar-refractivity contribution in [3.05, 3.63) is 36.7 Å². The molecule has 10 heteroatoms. The zero-order valence-corrected chi connectivity index (χ0v) is 17.6. The van der Waals surface area contributed by atoms with Gasteiger partial charge in [0.05, 0.1) is 49.7 Å². The number of aromatic nitrogens is 4. The lowest BCUT2D eigenvalue weighted by molar-refractivity contribution is 0.0583. The molecular weight excluding hydrogens is 412 g/mol. The van der Waals surface area contributed by atoms with Crippen LogP contribution in [0.3, 0.4) is 0 Å². The third-order valence-corrected chi connectivity index (χ3v) is 5.79. The Labute approximate surface area is 184 Å². The van der Waals surface area contributed by atoms with E-state index in [1.165, 1.54) is 0 Å². The minimum Gasteiger partial charge on any atom is -0.475 e. The van der Waals surface area contributed by atoms with E-state index in [9.17, 15) is 0 Å². The van der Waals surface area contributed by atoms with E-state index in [1.54, 1.807) is 16.9 Å². The molecule has 0 unspecified atom stereocenters. The minimum atomic E-state index is 0.156. The molecule has 6 heterocycles. The Morgan fingerprint density at radius 3 is 2.91 bits per heavy atom. The number of fused-ring (bicyclic) bond motifs is 2. The average molecular weight is 436 g/mol. The molecule has 0 aromatic carbocycles. The Morgan fingerprint density at radius 1 is 1.09 bits per heavy atom.